The number of carbonyl (C=O) groups is 1. The number of aryl methyl sites for hydroxylation is 1. The highest BCUT2D eigenvalue weighted by molar-refractivity contribution is 5.80. The van der Waals surface area contributed by atoms with Gasteiger partial charge in [-0.15, -0.1) is 0 Å². The second-order valence-electron chi connectivity index (χ2n) is 11.8. The molecular weight excluding hydrogens is 604 g/mol. The van der Waals surface area contributed by atoms with E-state index in [9.17, 15) is 14.3 Å². The van der Waals surface area contributed by atoms with Crippen LogP contribution in [0.4, 0.5) is 8.78 Å². The van der Waals surface area contributed by atoms with Gasteiger partial charge >= 0.3 is 5.97 Å². The first kappa shape index (κ1) is 33.4. The van der Waals surface area contributed by atoms with Crippen molar-refractivity contribution in [3.05, 3.63) is 88.7 Å². The van der Waals surface area contributed by atoms with Gasteiger partial charge in [0.25, 0.3) is 0 Å². The number of hydrogen-bond donors (Lipinski definition) is 1. The number of carboxylic acids is 1. The van der Waals surface area contributed by atoms with Crippen LogP contribution in [0.3, 0.4) is 0 Å². The lowest BCUT2D eigenvalue weighted by Crippen LogP contribution is -2.38. The van der Waals surface area contributed by atoms with Crippen LogP contribution in [-0.4, -0.2) is 44.7 Å². The van der Waals surface area contributed by atoms with E-state index in [0.29, 0.717) is 36.3 Å². The summed E-state index contributed by atoms with van der Waals surface area (Å²) in [7, 11) is 0. The van der Waals surface area contributed by atoms with Gasteiger partial charge in [-0.05, 0) is 79.3 Å². The fourth-order valence-electron chi connectivity index (χ4n) is 5.89. The number of piperidine rings is 1. The summed E-state index contributed by atoms with van der Waals surface area (Å²) in [5.74, 6) is -0.594. The monoisotopic (exact) mass is 641 g/mol. The van der Waals surface area contributed by atoms with Crippen LogP contribution < -0.4 is 9.47 Å². The summed E-state index contributed by atoms with van der Waals surface area (Å²) in [6, 6.07) is 18.7. The molecule has 0 atom stereocenters. The predicted molar refractivity (Wildman–Crippen MR) is 171 cm³/mol. The quantitative estimate of drug-likeness (QED) is 0.139. The molecule has 47 heavy (non-hydrogen) atoms. The zero-order valence-corrected chi connectivity index (χ0v) is 26.1. The standard InChI is InChI=1S/C36H37F2N5O4/c37-30-18-25(22-40)9-10-33(30)46-24-26-7-6-8-29(17-26)47-28-11-15-42(16-12-28)23-34-41-36-31(38)19-27(21-35(44)45)20-32(36)43(34)14-5-3-1-2-4-13-39/h6-10,17-20,28H,1-5,11-12,14-16,21,23-24H2,(H,44,45). The summed E-state index contributed by atoms with van der Waals surface area (Å²) in [6.45, 7) is 2.83. The first-order valence-corrected chi connectivity index (χ1v) is 15.9. The summed E-state index contributed by atoms with van der Waals surface area (Å²) in [4.78, 5) is 18.3. The third kappa shape index (κ3) is 9.05. The Hall–Kier alpha value is -5.00. The minimum Gasteiger partial charge on any atom is -0.490 e. The fourth-order valence-corrected chi connectivity index (χ4v) is 5.89. The predicted octanol–water partition coefficient (Wildman–Crippen LogP) is 6.91. The van der Waals surface area contributed by atoms with Gasteiger partial charge in [-0.25, -0.2) is 13.8 Å². The first-order chi connectivity index (χ1) is 22.8. The van der Waals surface area contributed by atoms with E-state index in [4.69, 9.17) is 20.0 Å². The zero-order chi connectivity index (χ0) is 33.2. The number of imidazole rings is 1. The number of rotatable bonds is 15. The van der Waals surface area contributed by atoms with Crippen molar-refractivity contribution >= 4 is 17.0 Å². The van der Waals surface area contributed by atoms with Crippen LogP contribution >= 0.6 is 0 Å². The van der Waals surface area contributed by atoms with Crippen molar-refractivity contribution in [1.82, 2.24) is 14.5 Å². The van der Waals surface area contributed by atoms with Gasteiger partial charge in [-0.2, -0.15) is 10.5 Å². The van der Waals surface area contributed by atoms with E-state index in [1.54, 1.807) is 6.07 Å². The number of fused-ring (bicyclic) bond motifs is 1. The number of nitrogens with zero attached hydrogens (tertiary/aromatic N) is 5. The second-order valence-corrected chi connectivity index (χ2v) is 11.8. The van der Waals surface area contributed by atoms with Gasteiger partial charge in [0.1, 0.15) is 29.8 Å². The topological polar surface area (TPSA) is 124 Å². The molecule has 1 saturated heterocycles. The Bertz CT molecular complexity index is 1790. The zero-order valence-electron chi connectivity index (χ0n) is 26.1. The normalized spacial score (nSPS) is 13.7. The number of ether oxygens (including phenoxy) is 2. The number of benzene rings is 3. The fraction of sp³-hybridized carbons (Fsp3) is 0.389. The maximum absolute atomic E-state index is 15.1. The minimum atomic E-state index is -1.02. The molecule has 1 aromatic heterocycles. The highest BCUT2D eigenvalue weighted by Gasteiger charge is 2.24. The van der Waals surface area contributed by atoms with E-state index in [1.165, 1.54) is 18.2 Å². The summed E-state index contributed by atoms with van der Waals surface area (Å²) in [5, 5.41) is 27.0. The number of carboxylic acid groups (broad SMARTS) is 1. The third-order valence-electron chi connectivity index (χ3n) is 8.28. The van der Waals surface area contributed by atoms with Crippen LogP contribution in [0.15, 0.2) is 54.6 Å². The number of unbranched alkanes of at least 4 members (excludes halogenated alkanes) is 4. The minimum absolute atomic E-state index is 0.00152. The molecule has 1 aliphatic rings. The number of hydrogen-bond acceptors (Lipinski definition) is 7. The SMILES string of the molecule is N#CCCCCCCn1c(CN2CCC(Oc3cccc(COc4ccc(C#N)cc4F)c3)CC2)nc2c(F)cc(CC(=O)O)cc21. The second kappa shape index (κ2) is 16.0. The molecule has 0 unspecified atom stereocenters. The highest BCUT2D eigenvalue weighted by Crippen LogP contribution is 2.27. The molecule has 4 aromatic rings. The molecule has 5 rings (SSSR count). The molecule has 0 spiro atoms. The summed E-state index contributed by atoms with van der Waals surface area (Å²) >= 11 is 0. The van der Waals surface area contributed by atoms with Crippen LogP contribution in [0.5, 0.6) is 11.5 Å². The molecule has 3 aromatic carbocycles. The number of aromatic nitrogens is 2. The van der Waals surface area contributed by atoms with Gasteiger partial charge in [0.15, 0.2) is 17.4 Å². The molecular formula is C36H37F2N5O4. The van der Waals surface area contributed by atoms with E-state index in [1.807, 2.05) is 34.9 Å². The van der Waals surface area contributed by atoms with Crippen LogP contribution in [0.2, 0.25) is 0 Å². The van der Waals surface area contributed by atoms with Crippen molar-refractivity contribution < 1.29 is 28.2 Å². The van der Waals surface area contributed by atoms with E-state index in [2.05, 4.69) is 16.0 Å². The van der Waals surface area contributed by atoms with Gasteiger partial charge in [0.05, 0.1) is 36.2 Å². The Labute approximate surface area is 272 Å². The number of aliphatic carboxylic acids is 1. The molecule has 0 aliphatic carbocycles. The average Bonchev–Trinajstić information content (AvgIpc) is 3.40. The molecule has 1 aliphatic heterocycles. The molecule has 9 nitrogen and oxygen atoms in total. The van der Waals surface area contributed by atoms with Gasteiger partial charge in [0, 0.05) is 26.1 Å². The van der Waals surface area contributed by atoms with Crippen molar-refractivity contribution in [2.24, 2.45) is 0 Å². The molecule has 0 saturated carbocycles. The highest BCUT2D eigenvalue weighted by atomic mass is 19.1. The molecule has 1 fully saturated rings. The van der Waals surface area contributed by atoms with Crippen LogP contribution in [-0.2, 0) is 30.9 Å². The van der Waals surface area contributed by atoms with Gasteiger partial charge in [-0.1, -0.05) is 25.0 Å². The van der Waals surface area contributed by atoms with E-state index in [0.717, 1.165) is 69.1 Å². The smallest absolute Gasteiger partial charge is 0.307 e. The Morgan fingerprint density at radius 3 is 2.53 bits per heavy atom. The van der Waals surface area contributed by atoms with E-state index >= 15 is 4.39 Å². The Morgan fingerprint density at radius 1 is 0.979 bits per heavy atom. The maximum atomic E-state index is 15.1. The third-order valence-corrected chi connectivity index (χ3v) is 8.28. The molecule has 11 heteroatoms. The van der Waals surface area contributed by atoms with Gasteiger partial charge in [0.2, 0.25) is 0 Å². The lowest BCUT2D eigenvalue weighted by atomic mass is 10.1. The van der Waals surface area contributed by atoms with Crippen LogP contribution in [0.25, 0.3) is 11.0 Å². The van der Waals surface area contributed by atoms with Crippen molar-refractivity contribution in [2.45, 2.75) is 77.2 Å². The van der Waals surface area contributed by atoms with Crippen molar-refractivity contribution in [3.8, 4) is 23.6 Å². The largest absolute Gasteiger partial charge is 0.490 e. The first-order valence-electron chi connectivity index (χ1n) is 15.9. The Kier molecular flexibility index (Phi) is 11.4. The molecule has 2 heterocycles. The lowest BCUT2D eigenvalue weighted by molar-refractivity contribution is -0.136. The lowest BCUT2D eigenvalue weighted by Gasteiger charge is -2.32. The average molecular weight is 642 g/mol. The molecule has 244 valence electrons. The summed E-state index contributed by atoms with van der Waals surface area (Å²) in [6.07, 6.45) is 5.40. The molecule has 0 amide bonds. The van der Waals surface area contributed by atoms with Crippen LogP contribution in [0.1, 0.15) is 67.5 Å². The van der Waals surface area contributed by atoms with Gasteiger partial charge in [-0.3, -0.25) is 9.69 Å². The summed E-state index contributed by atoms with van der Waals surface area (Å²) in [5.41, 5.74) is 2.32. The molecule has 0 bridgehead atoms. The molecule has 0 radical (unpaired) electrons. The number of nitriles is 2. The maximum Gasteiger partial charge on any atom is 0.307 e. The number of halogens is 2. The Balaban J connectivity index is 1.19. The van der Waals surface area contributed by atoms with E-state index in [-0.39, 0.29) is 36.0 Å². The molecule has 1 N–H and O–H groups in total. The Morgan fingerprint density at radius 2 is 1.79 bits per heavy atom. The van der Waals surface area contributed by atoms with Crippen molar-refractivity contribution in [3.63, 3.8) is 0 Å². The van der Waals surface area contributed by atoms with E-state index < -0.39 is 17.6 Å². The summed E-state index contributed by atoms with van der Waals surface area (Å²) < 4.78 is 43.2. The number of likely N-dealkylation sites (tertiary alicyclic amines) is 1. The van der Waals surface area contributed by atoms with Gasteiger partial charge < -0.3 is 19.1 Å². The van der Waals surface area contributed by atoms with Crippen LogP contribution in [0, 0.1) is 34.3 Å². The van der Waals surface area contributed by atoms with Crippen molar-refractivity contribution in [1.29, 1.82) is 10.5 Å². The van der Waals surface area contributed by atoms with Crippen molar-refractivity contribution in [2.75, 3.05) is 13.1 Å².